The average molecular weight is 481 g/mol. The molecule has 0 spiro atoms. The van der Waals surface area contributed by atoms with Crippen LogP contribution in [0.25, 0.3) is 11.0 Å². The molecule has 0 saturated heterocycles. The highest BCUT2D eigenvalue weighted by Crippen LogP contribution is 2.32. The summed E-state index contributed by atoms with van der Waals surface area (Å²) in [6, 6.07) is 9.84. The highest BCUT2D eigenvalue weighted by atomic mass is 79.9. The van der Waals surface area contributed by atoms with Gasteiger partial charge in [0.15, 0.2) is 9.84 Å². The Hall–Kier alpha value is -2.32. The van der Waals surface area contributed by atoms with Crippen LogP contribution < -0.4 is 4.74 Å². The fourth-order valence-corrected chi connectivity index (χ4v) is 4.87. The Morgan fingerprint density at radius 2 is 1.86 bits per heavy atom. The van der Waals surface area contributed by atoms with Crippen LogP contribution in [0.2, 0.25) is 0 Å². The van der Waals surface area contributed by atoms with E-state index in [1.165, 1.54) is 19.2 Å². The smallest absolute Gasteiger partial charge is 0.342 e. The van der Waals surface area contributed by atoms with Crippen LogP contribution in [0.1, 0.15) is 28.6 Å². The summed E-state index contributed by atoms with van der Waals surface area (Å²) in [5.74, 6) is 0.532. The van der Waals surface area contributed by atoms with Crippen molar-refractivity contribution in [3.63, 3.8) is 0 Å². The van der Waals surface area contributed by atoms with Gasteiger partial charge in [-0.15, -0.1) is 0 Å². The van der Waals surface area contributed by atoms with Crippen molar-refractivity contribution in [1.29, 1.82) is 0 Å². The van der Waals surface area contributed by atoms with Crippen LogP contribution >= 0.6 is 15.9 Å². The molecule has 0 amide bonds. The largest absolute Gasteiger partial charge is 0.497 e. The molecule has 1 aromatic heterocycles. The molecular weight excluding hydrogens is 460 g/mol. The van der Waals surface area contributed by atoms with Crippen LogP contribution in [0.4, 0.5) is 0 Å². The molecular formula is C21H21BrO6S. The van der Waals surface area contributed by atoms with E-state index in [-0.39, 0.29) is 23.7 Å². The molecule has 0 bridgehead atoms. The molecule has 0 saturated carbocycles. The molecule has 0 radical (unpaired) electrons. The number of carbonyl (C=O) groups excluding carboxylic acids is 1. The van der Waals surface area contributed by atoms with Crippen LogP contribution in [-0.2, 0) is 21.0 Å². The maximum absolute atomic E-state index is 12.7. The maximum Gasteiger partial charge on any atom is 0.342 e. The molecule has 154 valence electrons. The van der Waals surface area contributed by atoms with E-state index in [0.717, 1.165) is 10.0 Å². The van der Waals surface area contributed by atoms with Crippen molar-refractivity contribution in [3.8, 4) is 5.75 Å². The summed E-state index contributed by atoms with van der Waals surface area (Å²) < 4.78 is 42.0. The number of sulfone groups is 1. The van der Waals surface area contributed by atoms with Crippen molar-refractivity contribution >= 4 is 42.7 Å². The molecule has 0 aliphatic rings. The van der Waals surface area contributed by atoms with Gasteiger partial charge in [0.2, 0.25) is 0 Å². The van der Waals surface area contributed by atoms with Gasteiger partial charge in [-0.3, -0.25) is 0 Å². The second kappa shape index (κ2) is 8.59. The number of hydrogen-bond donors (Lipinski definition) is 0. The number of carbonyl (C=O) groups is 1. The fraction of sp³-hybridized carbons (Fsp3) is 0.286. The van der Waals surface area contributed by atoms with E-state index in [1.54, 1.807) is 38.1 Å². The van der Waals surface area contributed by atoms with Gasteiger partial charge >= 0.3 is 5.97 Å². The molecule has 8 heteroatoms. The highest BCUT2D eigenvalue weighted by molar-refractivity contribution is 9.10. The predicted molar refractivity (Wildman–Crippen MR) is 113 cm³/mol. The topological polar surface area (TPSA) is 82.8 Å². The molecule has 2 aromatic carbocycles. The number of methoxy groups -OCH3 is 1. The van der Waals surface area contributed by atoms with Crippen molar-refractivity contribution in [2.24, 2.45) is 0 Å². The minimum atomic E-state index is -3.47. The third kappa shape index (κ3) is 4.48. The minimum absolute atomic E-state index is 0.0744. The lowest BCUT2D eigenvalue weighted by atomic mass is 10.1. The Morgan fingerprint density at radius 1 is 1.17 bits per heavy atom. The van der Waals surface area contributed by atoms with Crippen LogP contribution in [-0.4, -0.2) is 33.9 Å². The Balaban J connectivity index is 1.90. The molecule has 0 atom stereocenters. The summed E-state index contributed by atoms with van der Waals surface area (Å²) in [5.41, 5.74) is 1.67. The number of aryl methyl sites for hydroxylation is 2. The molecule has 6 nitrogen and oxygen atoms in total. The van der Waals surface area contributed by atoms with Gasteiger partial charge in [-0.25, -0.2) is 13.2 Å². The first-order chi connectivity index (χ1) is 13.8. The molecule has 1 heterocycles. The van der Waals surface area contributed by atoms with Crippen LogP contribution in [0, 0.1) is 6.92 Å². The van der Waals surface area contributed by atoms with Crippen molar-refractivity contribution in [3.05, 3.63) is 57.8 Å². The van der Waals surface area contributed by atoms with E-state index >= 15 is 0 Å². The second-order valence-electron chi connectivity index (χ2n) is 6.44. The monoisotopic (exact) mass is 480 g/mol. The van der Waals surface area contributed by atoms with E-state index in [1.807, 2.05) is 0 Å². The van der Waals surface area contributed by atoms with Crippen LogP contribution in [0.3, 0.4) is 0 Å². The Kier molecular flexibility index (Phi) is 6.33. The summed E-state index contributed by atoms with van der Waals surface area (Å²) in [6.07, 6.45) is 0.275. The third-order valence-corrected chi connectivity index (χ3v) is 7.04. The van der Waals surface area contributed by atoms with Crippen molar-refractivity contribution in [2.45, 2.75) is 25.2 Å². The number of rotatable bonds is 7. The third-order valence-electron chi connectivity index (χ3n) is 4.57. The standard InChI is InChI=1S/C21H21BrO6S/c1-4-27-21(23)20-13(2)28-19-12-18(22)14(11-17(19)20)9-10-29(24,25)16-7-5-15(26-3)6-8-16/h5-8,11-12H,4,9-10H2,1-3H3. The van der Waals surface area contributed by atoms with Crippen molar-refractivity contribution in [1.82, 2.24) is 0 Å². The first-order valence-electron chi connectivity index (χ1n) is 9.02. The van der Waals surface area contributed by atoms with Crippen LogP contribution in [0.5, 0.6) is 5.75 Å². The normalized spacial score (nSPS) is 11.6. The van der Waals surface area contributed by atoms with Gasteiger partial charge in [0.05, 0.1) is 24.4 Å². The number of halogens is 1. The number of furan rings is 1. The molecule has 0 aliphatic carbocycles. The maximum atomic E-state index is 12.7. The lowest BCUT2D eigenvalue weighted by Gasteiger charge is -2.08. The summed E-state index contributed by atoms with van der Waals surface area (Å²) in [4.78, 5) is 12.5. The van der Waals surface area contributed by atoms with E-state index < -0.39 is 15.8 Å². The highest BCUT2D eigenvalue weighted by Gasteiger charge is 2.22. The van der Waals surface area contributed by atoms with Gasteiger partial charge in [-0.2, -0.15) is 0 Å². The zero-order valence-corrected chi connectivity index (χ0v) is 18.7. The van der Waals surface area contributed by atoms with E-state index in [0.29, 0.717) is 28.0 Å². The Labute approximate surface area is 177 Å². The molecule has 3 aromatic rings. The molecule has 0 unspecified atom stereocenters. The number of benzene rings is 2. The lowest BCUT2D eigenvalue weighted by Crippen LogP contribution is -2.10. The zero-order valence-electron chi connectivity index (χ0n) is 16.3. The Bertz CT molecular complexity index is 1150. The van der Waals surface area contributed by atoms with Gasteiger partial charge in [-0.1, -0.05) is 15.9 Å². The second-order valence-corrected chi connectivity index (χ2v) is 9.40. The minimum Gasteiger partial charge on any atom is -0.497 e. The molecule has 0 aliphatic heterocycles. The molecule has 0 N–H and O–H groups in total. The fourth-order valence-electron chi connectivity index (χ4n) is 3.08. The summed E-state index contributed by atoms with van der Waals surface area (Å²) >= 11 is 3.47. The molecule has 3 rings (SSSR count). The van der Waals surface area contributed by atoms with E-state index in [4.69, 9.17) is 13.9 Å². The number of hydrogen-bond acceptors (Lipinski definition) is 6. The first-order valence-corrected chi connectivity index (χ1v) is 11.5. The number of ether oxygens (including phenoxy) is 2. The van der Waals surface area contributed by atoms with Gasteiger partial charge in [0.25, 0.3) is 0 Å². The van der Waals surface area contributed by atoms with Crippen molar-refractivity contribution in [2.75, 3.05) is 19.5 Å². The van der Waals surface area contributed by atoms with Crippen LogP contribution in [0.15, 0.2) is 50.2 Å². The number of esters is 1. The first kappa shape index (κ1) is 21.4. The quantitative estimate of drug-likeness (QED) is 0.455. The van der Waals surface area contributed by atoms with Gasteiger partial charge in [-0.05, 0) is 62.2 Å². The van der Waals surface area contributed by atoms with E-state index in [9.17, 15) is 13.2 Å². The molecule has 29 heavy (non-hydrogen) atoms. The van der Waals surface area contributed by atoms with Gasteiger partial charge < -0.3 is 13.9 Å². The average Bonchev–Trinajstić information content (AvgIpc) is 3.01. The predicted octanol–water partition coefficient (Wildman–Crippen LogP) is 4.71. The Morgan fingerprint density at radius 3 is 2.48 bits per heavy atom. The van der Waals surface area contributed by atoms with Gasteiger partial charge in [0.1, 0.15) is 22.7 Å². The van der Waals surface area contributed by atoms with Gasteiger partial charge in [0, 0.05) is 9.86 Å². The van der Waals surface area contributed by atoms with Crippen molar-refractivity contribution < 1.29 is 27.1 Å². The molecule has 0 fully saturated rings. The summed E-state index contributed by atoms with van der Waals surface area (Å²) in [7, 11) is -1.95. The lowest BCUT2D eigenvalue weighted by molar-refractivity contribution is 0.0526. The zero-order chi connectivity index (χ0) is 21.2. The van der Waals surface area contributed by atoms with E-state index in [2.05, 4.69) is 15.9 Å². The summed E-state index contributed by atoms with van der Waals surface area (Å²) in [6.45, 7) is 3.70. The SMILES string of the molecule is CCOC(=O)c1c(C)oc2cc(Br)c(CCS(=O)(=O)c3ccc(OC)cc3)cc12. The summed E-state index contributed by atoms with van der Waals surface area (Å²) in [5, 5.41) is 0.612. The number of fused-ring (bicyclic) bond motifs is 1.